The maximum Gasteiger partial charge on any atom is 0.252 e. The van der Waals surface area contributed by atoms with Crippen LogP contribution in [0, 0.1) is 0 Å². The Bertz CT molecular complexity index is 664. The van der Waals surface area contributed by atoms with Crippen molar-refractivity contribution in [2.24, 2.45) is 0 Å². The molecule has 2 aromatic carbocycles. The predicted octanol–water partition coefficient (Wildman–Crippen LogP) is 2.79. The largest absolute Gasteiger partial charge is 0.348 e. The number of fused-ring (bicyclic) bond motifs is 1. The third-order valence-corrected chi connectivity index (χ3v) is 3.74. The second-order valence-corrected chi connectivity index (χ2v) is 5.06. The standard InChI is InChI=1S/C17H15NO2/c1-11-15(12-7-3-2-4-8-12)16(19)13-9-5-6-10-14(13)17(20)18-11/h2-11,15H,1H3,(H,18,20)/t11-,15+/m1/s1. The Balaban J connectivity index is 2.14. The molecule has 0 unspecified atom stereocenters. The molecule has 3 heteroatoms. The van der Waals surface area contributed by atoms with Gasteiger partial charge in [0.05, 0.1) is 11.5 Å². The van der Waals surface area contributed by atoms with Gasteiger partial charge in [0.15, 0.2) is 5.78 Å². The number of hydrogen-bond acceptors (Lipinski definition) is 2. The summed E-state index contributed by atoms with van der Waals surface area (Å²) in [5, 5.41) is 2.92. The minimum atomic E-state index is -0.344. The number of benzene rings is 2. The fourth-order valence-corrected chi connectivity index (χ4v) is 2.76. The van der Waals surface area contributed by atoms with Gasteiger partial charge in [-0.25, -0.2) is 0 Å². The second kappa shape index (κ2) is 4.93. The van der Waals surface area contributed by atoms with E-state index in [1.807, 2.05) is 37.3 Å². The number of ketones is 1. The van der Waals surface area contributed by atoms with E-state index in [4.69, 9.17) is 0 Å². The molecule has 0 saturated heterocycles. The zero-order chi connectivity index (χ0) is 14.1. The SMILES string of the molecule is C[C@H]1NC(=O)c2ccccc2C(=O)[C@@H]1c1ccccc1. The minimum absolute atomic E-state index is 0.00218. The molecule has 1 heterocycles. The Kier molecular flexibility index (Phi) is 3.11. The highest BCUT2D eigenvalue weighted by atomic mass is 16.2. The maximum atomic E-state index is 12.8. The first-order valence-corrected chi connectivity index (χ1v) is 6.67. The van der Waals surface area contributed by atoms with Gasteiger partial charge >= 0.3 is 0 Å². The average Bonchev–Trinajstić information content (AvgIpc) is 2.56. The van der Waals surface area contributed by atoms with Crippen molar-refractivity contribution in [3.05, 3.63) is 71.3 Å². The molecule has 0 bridgehead atoms. The lowest BCUT2D eigenvalue weighted by molar-refractivity contribution is 0.0926. The normalized spacial score (nSPS) is 21.9. The summed E-state index contributed by atoms with van der Waals surface area (Å²) >= 11 is 0. The zero-order valence-corrected chi connectivity index (χ0v) is 11.2. The van der Waals surface area contributed by atoms with Gasteiger partial charge in [0, 0.05) is 11.6 Å². The van der Waals surface area contributed by atoms with Crippen molar-refractivity contribution in [1.29, 1.82) is 0 Å². The molecule has 3 rings (SSSR count). The number of Topliss-reactive ketones (excluding diaryl/α,β-unsaturated/α-hetero) is 1. The van der Waals surface area contributed by atoms with E-state index >= 15 is 0 Å². The number of carbonyl (C=O) groups excluding carboxylic acids is 2. The zero-order valence-electron chi connectivity index (χ0n) is 11.2. The van der Waals surface area contributed by atoms with Gasteiger partial charge in [-0.15, -0.1) is 0 Å². The van der Waals surface area contributed by atoms with Crippen molar-refractivity contribution < 1.29 is 9.59 Å². The molecule has 0 spiro atoms. The molecule has 2 atom stereocenters. The van der Waals surface area contributed by atoms with Crippen LogP contribution in [-0.2, 0) is 0 Å². The highest BCUT2D eigenvalue weighted by Gasteiger charge is 2.34. The summed E-state index contributed by atoms with van der Waals surface area (Å²) in [4.78, 5) is 25.0. The summed E-state index contributed by atoms with van der Waals surface area (Å²) in [5.74, 6) is -0.527. The number of hydrogen-bond donors (Lipinski definition) is 1. The summed E-state index contributed by atoms with van der Waals surface area (Å²) in [5.41, 5.74) is 1.90. The molecule has 1 aliphatic rings. The molecule has 0 radical (unpaired) electrons. The van der Waals surface area contributed by atoms with E-state index in [0.29, 0.717) is 11.1 Å². The molecular formula is C17H15NO2. The maximum absolute atomic E-state index is 12.8. The molecule has 100 valence electrons. The van der Waals surface area contributed by atoms with E-state index in [1.165, 1.54) is 0 Å². The van der Waals surface area contributed by atoms with Crippen molar-refractivity contribution in [2.45, 2.75) is 18.9 Å². The molecule has 20 heavy (non-hydrogen) atoms. The Morgan fingerprint density at radius 1 is 0.850 bits per heavy atom. The smallest absolute Gasteiger partial charge is 0.252 e. The van der Waals surface area contributed by atoms with Crippen molar-refractivity contribution in [1.82, 2.24) is 5.32 Å². The first-order valence-electron chi connectivity index (χ1n) is 6.67. The van der Waals surface area contributed by atoms with Gasteiger partial charge in [-0.1, -0.05) is 48.5 Å². The van der Waals surface area contributed by atoms with Crippen LogP contribution < -0.4 is 5.32 Å². The van der Waals surface area contributed by atoms with Crippen LogP contribution in [0.25, 0.3) is 0 Å². The highest BCUT2D eigenvalue weighted by Crippen LogP contribution is 2.28. The average molecular weight is 265 g/mol. The van der Waals surface area contributed by atoms with E-state index < -0.39 is 0 Å². The van der Waals surface area contributed by atoms with Gasteiger partial charge in [-0.3, -0.25) is 9.59 Å². The molecule has 0 fully saturated rings. The Morgan fingerprint density at radius 3 is 2.15 bits per heavy atom. The van der Waals surface area contributed by atoms with E-state index in [0.717, 1.165) is 5.56 Å². The predicted molar refractivity (Wildman–Crippen MR) is 76.9 cm³/mol. The van der Waals surface area contributed by atoms with E-state index in [9.17, 15) is 9.59 Å². The van der Waals surface area contributed by atoms with Gasteiger partial charge in [0.1, 0.15) is 0 Å². The number of nitrogens with one attached hydrogen (secondary N) is 1. The summed E-state index contributed by atoms with van der Waals surface area (Å²) in [6, 6.07) is 16.4. The van der Waals surface area contributed by atoms with Crippen LogP contribution in [0.4, 0.5) is 0 Å². The van der Waals surface area contributed by atoms with E-state index in [-0.39, 0.29) is 23.7 Å². The van der Waals surface area contributed by atoms with Crippen LogP contribution in [0.15, 0.2) is 54.6 Å². The molecule has 1 N–H and O–H groups in total. The number of amides is 1. The van der Waals surface area contributed by atoms with Crippen molar-refractivity contribution in [3.63, 3.8) is 0 Å². The Hall–Kier alpha value is -2.42. The summed E-state index contributed by atoms with van der Waals surface area (Å²) in [6.45, 7) is 1.87. The molecule has 3 nitrogen and oxygen atoms in total. The van der Waals surface area contributed by atoms with Gasteiger partial charge in [0.2, 0.25) is 0 Å². The summed E-state index contributed by atoms with van der Waals surface area (Å²) in [7, 11) is 0. The third-order valence-electron chi connectivity index (χ3n) is 3.74. The summed E-state index contributed by atoms with van der Waals surface area (Å²) in [6.07, 6.45) is 0. The fraction of sp³-hybridized carbons (Fsp3) is 0.176. The second-order valence-electron chi connectivity index (χ2n) is 5.06. The topological polar surface area (TPSA) is 46.2 Å². The Labute approximate surface area is 117 Å². The molecule has 1 aliphatic heterocycles. The lowest BCUT2D eigenvalue weighted by Gasteiger charge is -2.21. The van der Waals surface area contributed by atoms with Crippen LogP contribution in [0.5, 0.6) is 0 Å². The first kappa shape index (κ1) is 12.6. The monoisotopic (exact) mass is 265 g/mol. The lowest BCUT2D eigenvalue weighted by atomic mass is 9.85. The molecule has 0 saturated carbocycles. The van der Waals surface area contributed by atoms with Crippen LogP contribution in [0.1, 0.15) is 39.1 Å². The Morgan fingerprint density at radius 2 is 1.45 bits per heavy atom. The van der Waals surface area contributed by atoms with Crippen molar-refractivity contribution >= 4 is 11.7 Å². The fourth-order valence-electron chi connectivity index (χ4n) is 2.76. The number of rotatable bonds is 1. The summed E-state index contributed by atoms with van der Waals surface area (Å²) < 4.78 is 0. The van der Waals surface area contributed by atoms with Crippen LogP contribution in [0.2, 0.25) is 0 Å². The molecule has 2 aromatic rings. The molecule has 0 aromatic heterocycles. The minimum Gasteiger partial charge on any atom is -0.348 e. The molecule has 0 aliphatic carbocycles. The van der Waals surface area contributed by atoms with Gasteiger partial charge < -0.3 is 5.32 Å². The highest BCUT2D eigenvalue weighted by molar-refractivity contribution is 6.12. The third kappa shape index (κ3) is 2.01. The van der Waals surface area contributed by atoms with Gasteiger partial charge in [-0.2, -0.15) is 0 Å². The lowest BCUT2D eigenvalue weighted by Crippen LogP contribution is -2.36. The van der Waals surface area contributed by atoms with Crippen molar-refractivity contribution in [2.75, 3.05) is 0 Å². The van der Waals surface area contributed by atoms with Crippen LogP contribution in [-0.4, -0.2) is 17.7 Å². The molecular weight excluding hydrogens is 250 g/mol. The van der Waals surface area contributed by atoms with Gasteiger partial charge in [0.25, 0.3) is 5.91 Å². The van der Waals surface area contributed by atoms with E-state index in [1.54, 1.807) is 24.3 Å². The quantitative estimate of drug-likeness (QED) is 0.861. The first-order chi connectivity index (χ1) is 9.68. The van der Waals surface area contributed by atoms with Crippen LogP contribution >= 0.6 is 0 Å². The van der Waals surface area contributed by atoms with Crippen molar-refractivity contribution in [3.8, 4) is 0 Å². The van der Waals surface area contributed by atoms with E-state index in [2.05, 4.69) is 5.32 Å². The van der Waals surface area contributed by atoms with Crippen LogP contribution in [0.3, 0.4) is 0 Å². The number of carbonyl (C=O) groups is 2. The van der Waals surface area contributed by atoms with Gasteiger partial charge in [-0.05, 0) is 18.6 Å². The molecule has 1 amide bonds.